The lowest BCUT2D eigenvalue weighted by atomic mass is 9.92. The quantitative estimate of drug-likeness (QED) is 0.739. The number of hydrogen-bond donors (Lipinski definition) is 0. The molecule has 2 aromatic carbocycles. The lowest BCUT2D eigenvalue weighted by molar-refractivity contribution is 0.0636. The minimum Gasteiger partial charge on any atom is -0.329 e. The SMILES string of the molecule is O=C(c1ccc(F)cc1)N1CCc2ccccc2C1Cn1cncn1. The second-order valence-electron chi connectivity index (χ2n) is 6.09. The number of halogens is 1. The molecule has 0 bridgehead atoms. The molecule has 0 aliphatic carbocycles. The molecular formula is C19H17FN4O. The van der Waals surface area contributed by atoms with Gasteiger partial charge < -0.3 is 4.90 Å². The van der Waals surface area contributed by atoms with Gasteiger partial charge >= 0.3 is 0 Å². The summed E-state index contributed by atoms with van der Waals surface area (Å²) < 4.78 is 14.9. The van der Waals surface area contributed by atoms with E-state index in [1.807, 2.05) is 17.0 Å². The number of aromatic nitrogens is 3. The molecule has 0 fully saturated rings. The summed E-state index contributed by atoms with van der Waals surface area (Å²) in [7, 11) is 0. The molecule has 0 N–H and O–H groups in total. The van der Waals surface area contributed by atoms with Gasteiger partial charge in [-0.1, -0.05) is 24.3 Å². The Labute approximate surface area is 144 Å². The van der Waals surface area contributed by atoms with E-state index in [0.717, 1.165) is 12.0 Å². The van der Waals surface area contributed by atoms with Crippen molar-refractivity contribution < 1.29 is 9.18 Å². The zero-order valence-corrected chi connectivity index (χ0v) is 13.5. The maximum Gasteiger partial charge on any atom is 0.254 e. The Morgan fingerprint density at radius 1 is 1.16 bits per heavy atom. The molecule has 0 saturated carbocycles. The van der Waals surface area contributed by atoms with Crippen LogP contribution in [0.3, 0.4) is 0 Å². The van der Waals surface area contributed by atoms with Crippen LogP contribution in [0.1, 0.15) is 27.5 Å². The highest BCUT2D eigenvalue weighted by molar-refractivity contribution is 5.94. The molecular weight excluding hydrogens is 319 g/mol. The topological polar surface area (TPSA) is 51.0 Å². The average molecular weight is 336 g/mol. The van der Waals surface area contributed by atoms with Crippen LogP contribution in [0.5, 0.6) is 0 Å². The van der Waals surface area contributed by atoms with Gasteiger partial charge in [0.2, 0.25) is 0 Å². The molecule has 5 nitrogen and oxygen atoms in total. The molecule has 1 aromatic heterocycles. The van der Waals surface area contributed by atoms with Crippen molar-refractivity contribution in [1.29, 1.82) is 0 Å². The van der Waals surface area contributed by atoms with Crippen LogP contribution in [0.25, 0.3) is 0 Å². The number of fused-ring (bicyclic) bond motifs is 1. The molecule has 1 aliphatic rings. The molecule has 0 spiro atoms. The lowest BCUT2D eigenvalue weighted by Gasteiger charge is -2.37. The third-order valence-electron chi connectivity index (χ3n) is 4.59. The van der Waals surface area contributed by atoms with Gasteiger partial charge in [0, 0.05) is 12.1 Å². The molecule has 3 aromatic rings. The molecule has 0 radical (unpaired) electrons. The van der Waals surface area contributed by atoms with Crippen LogP contribution in [0.4, 0.5) is 4.39 Å². The molecule has 0 saturated heterocycles. The fourth-order valence-corrected chi connectivity index (χ4v) is 3.35. The van der Waals surface area contributed by atoms with Gasteiger partial charge in [-0.15, -0.1) is 0 Å². The average Bonchev–Trinajstić information content (AvgIpc) is 3.15. The predicted octanol–water partition coefficient (Wildman–Crippen LogP) is 2.86. The minimum atomic E-state index is -0.347. The molecule has 1 unspecified atom stereocenters. The van der Waals surface area contributed by atoms with E-state index in [-0.39, 0.29) is 17.8 Å². The van der Waals surface area contributed by atoms with E-state index in [1.54, 1.807) is 11.0 Å². The van der Waals surface area contributed by atoms with Crippen LogP contribution in [0, 0.1) is 5.82 Å². The fourth-order valence-electron chi connectivity index (χ4n) is 3.35. The summed E-state index contributed by atoms with van der Waals surface area (Å²) in [5.41, 5.74) is 2.86. The van der Waals surface area contributed by atoms with Crippen molar-refractivity contribution in [2.75, 3.05) is 6.54 Å². The summed E-state index contributed by atoms with van der Waals surface area (Å²) in [6.07, 6.45) is 3.94. The predicted molar refractivity (Wildman–Crippen MR) is 90.3 cm³/mol. The van der Waals surface area contributed by atoms with E-state index in [2.05, 4.69) is 22.2 Å². The van der Waals surface area contributed by atoms with Crippen LogP contribution in [0.2, 0.25) is 0 Å². The van der Waals surface area contributed by atoms with Gasteiger partial charge in [0.15, 0.2) is 0 Å². The van der Waals surface area contributed by atoms with E-state index in [4.69, 9.17) is 0 Å². The second kappa shape index (κ2) is 6.47. The Kier molecular flexibility index (Phi) is 4.01. The number of benzene rings is 2. The van der Waals surface area contributed by atoms with Crippen molar-refractivity contribution in [3.63, 3.8) is 0 Å². The molecule has 6 heteroatoms. The van der Waals surface area contributed by atoms with Gasteiger partial charge in [-0.2, -0.15) is 5.10 Å². The number of carbonyl (C=O) groups excluding carboxylic acids is 1. The minimum absolute atomic E-state index is 0.0976. The van der Waals surface area contributed by atoms with Crippen LogP contribution in [-0.4, -0.2) is 32.1 Å². The van der Waals surface area contributed by atoms with Gasteiger partial charge in [0.1, 0.15) is 18.5 Å². The van der Waals surface area contributed by atoms with Crippen molar-refractivity contribution >= 4 is 5.91 Å². The fraction of sp³-hybridized carbons (Fsp3) is 0.211. The van der Waals surface area contributed by atoms with E-state index < -0.39 is 0 Å². The first kappa shape index (κ1) is 15.5. The Balaban J connectivity index is 1.70. The summed E-state index contributed by atoms with van der Waals surface area (Å²) >= 11 is 0. The number of carbonyl (C=O) groups is 1. The number of nitrogens with zero attached hydrogens (tertiary/aromatic N) is 4. The van der Waals surface area contributed by atoms with Crippen LogP contribution in [-0.2, 0) is 13.0 Å². The van der Waals surface area contributed by atoms with Gasteiger partial charge in [0.05, 0.1) is 12.6 Å². The largest absolute Gasteiger partial charge is 0.329 e. The normalized spacial score (nSPS) is 16.5. The summed E-state index contributed by atoms with van der Waals surface area (Å²) in [6, 6.07) is 13.7. The number of rotatable bonds is 3. The zero-order chi connectivity index (χ0) is 17.2. The molecule has 126 valence electrons. The van der Waals surface area contributed by atoms with Gasteiger partial charge in [-0.05, 0) is 41.8 Å². The van der Waals surface area contributed by atoms with Crippen molar-refractivity contribution in [3.8, 4) is 0 Å². The summed E-state index contributed by atoms with van der Waals surface area (Å²) in [6.45, 7) is 1.15. The van der Waals surface area contributed by atoms with E-state index in [0.29, 0.717) is 18.7 Å². The monoisotopic (exact) mass is 336 g/mol. The first-order valence-electron chi connectivity index (χ1n) is 8.19. The van der Waals surface area contributed by atoms with Crippen LogP contribution >= 0.6 is 0 Å². The Hall–Kier alpha value is -3.02. The van der Waals surface area contributed by atoms with Crippen molar-refractivity contribution in [3.05, 3.63) is 83.7 Å². The standard InChI is InChI=1S/C19H17FN4O/c20-16-7-5-15(6-8-16)19(25)24-10-9-14-3-1-2-4-17(14)18(24)11-23-13-21-12-22-23/h1-8,12-13,18H,9-11H2. The molecule has 2 heterocycles. The molecule has 1 aliphatic heterocycles. The van der Waals surface area contributed by atoms with E-state index in [9.17, 15) is 9.18 Å². The van der Waals surface area contributed by atoms with Crippen molar-refractivity contribution in [1.82, 2.24) is 19.7 Å². The highest BCUT2D eigenvalue weighted by atomic mass is 19.1. The van der Waals surface area contributed by atoms with E-state index >= 15 is 0 Å². The number of amides is 1. The smallest absolute Gasteiger partial charge is 0.254 e. The van der Waals surface area contributed by atoms with Gasteiger partial charge in [0.25, 0.3) is 5.91 Å². The van der Waals surface area contributed by atoms with Crippen molar-refractivity contribution in [2.24, 2.45) is 0 Å². The second-order valence-corrected chi connectivity index (χ2v) is 6.09. The van der Waals surface area contributed by atoms with Crippen LogP contribution in [0.15, 0.2) is 61.2 Å². The zero-order valence-electron chi connectivity index (χ0n) is 13.5. The summed E-state index contributed by atoms with van der Waals surface area (Å²) in [5.74, 6) is -0.445. The Morgan fingerprint density at radius 3 is 2.72 bits per heavy atom. The Morgan fingerprint density at radius 2 is 1.96 bits per heavy atom. The third kappa shape index (κ3) is 3.03. The Bertz CT molecular complexity index is 877. The molecule has 25 heavy (non-hydrogen) atoms. The summed E-state index contributed by atoms with van der Waals surface area (Å²) in [4.78, 5) is 18.9. The number of hydrogen-bond acceptors (Lipinski definition) is 3. The van der Waals surface area contributed by atoms with Crippen molar-refractivity contribution in [2.45, 2.75) is 19.0 Å². The molecule has 4 rings (SSSR count). The first-order valence-corrected chi connectivity index (χ1v) is 8.19. The van der Waals surface area contributed by atoms with Crippen LogP contribution < -0.4 is 0 Å². The first-order chi connectivity index (χ1) is 12.2. The van der Waals surface area contributed by atoms with Gasteiger partial charge in [-0.3, -0.25) is 9.48 Å². The van der Waals surface area contributed by atoms with Gasteiger partial charge in [-0.25, -0.2) is 9.37 Å². The highest BCUT2D eigenvalue weighted by Crippen LogP contribution is 2.32. The maximum absolute atomic E-state index is 13.2. The van der Waals surface area contributed by atoms with E-state index in [1.165, 1.54) is 36.2 Å². The maximum atomic E-state index is 13.2. The summed E-state index contributed by atoms with van der Waals surface area (Å²) in [5, 5.41) is 4.18. The highest BCUT2D eigenvalue weighted by Gasteiger charge is 2.31. The molecule has 1 amide bonds. The lowest BCUT2D eigenvalue weighted by Crippen LogP contribution is -2.42. The molecule has 1 atom stereocenters. The third-order valence-corrected chi connectivity index (χ3v) is 4.59.